The van der Waals surface area contributed by atoms with Crippen molar-refractivity contribution in [3.8, 4) is 0 Å². The van der Waals surface area contributed by atoms with Gasteiger partial charge < -0.3 is 56.8 Å². The maximum Gasteiger partial charge on any atom is 0.0701 e. The topological polar surface area (TPSA) is 111 Å². The lowest BCUT2D eigenvalue weighted by Crippen LogP contribution is -2.15. The van der Waals surface area contributed by atoms with Gasteiger partial charge in [-0.25, -0.2) is 0 Å². The smallest absolute Gasteiger partial charge is 0.0701 e. The normalized spacial score (nSPS) is 11.6. The molecule has 0 aliphatic heterocycles. The van der Waals surface area contributed by atoms with Crippen molar-refractivity contribution in [3.05, 3.63) is 0 Å². The second kappa shape index (κ2) is 46.5. The average Bonchev–Trinajstić information content (AvgIpc) is 3.10. The third-order valence-corrected chi connectivity index (χ3v) is 6.88. The van der Waals surface area contributed by atoms with Crippen LogP contribution in [0.15, 0.2) is 0 Å². The van der Waals surface area contributed by atoms with E-state index in [1.54, 1.807) is 0 Å². The number of hydrogen-bond donors (Lipinski definition) is 0. The van der Waals surface area contributed by atoms with Crippen LogP contribution in [0.4, 0.5) is 0 Å². The van der Waals surface area contributed by atoms with Gasteiger partial charge in [0.05, 0.1) is 145 Å². The Bertz CT molecular complexity index is 501. The van der Waals surface area contributed by atoms with Crippen LogP contribution in [0.1, 0.15) is 78.1 Å². The fourth-order valence-electron chi connectivity index (χ4n) is 4.14. The van der Waals surface area contributed by atoms with E-state index in [0.717, 1.165) is 26.1 Å². The molecule has 0 saturated heterocycles. The van der Waals surface area contributed by atoms with Crippen molar-refractivity contribution >= 4 is 0 Å². The van der Waals surface area contributed by atoms with Gasteiger partial charge in [-0.2, -0.15) is 0 Å². The molecule has 0 spiro atoms. The van der Waals surface area contributed by atoms with Crippen LogP contribution in [-0.2, 0) is 56.8 Å². The minimum atomic E-state index is 0.522. The predicted octanol–water partition coefficient (Wildman–Crippen LogP) is 5.13. The minimum absolute atomic E-state index is 0.522. The van der Waals surface area contributed by atoms with Crippen LogP contribution in [0, 0.1) is 0 Å². The van der Waals surface area contributed by atoms with Gasteiger partial charge in [-0.3, -0.25) is 0 Å². The van der Waals surface area contributed by atoms with Gasteiger partial charge in [-0.1, -0.05) is 65.2 Å². The molecule has 48 heavy (non-hydrogen) atoms. The second-order valence-electron chi connectivity index (χ2n) is 11.2. The molecular weight excluding hydrogens is 624 g/mol. The lowest BCUT2D eigenvalue weighted by Gasteiger charge is -2.09. The van der Waals surface area contributed by atoms with Crippen LogP contribution >= 0.6 is 0 Å². The first-order valence-electron chi connectivity index (χ1n) is 18.8. The van der Waals surface area contributed by atoms with Crippen LogP contribution in [0.25, 0.3) is 0 Å². The van der Waals surface area contributed by atoms with Gasteiger partial charge in [0.1, 0.15) is 0 Å². The van der Waals surface area contributed by atoms with Gasteiger partial charge in [0, 0.05) is 13.2 Å². The highest BCUT2D eigenvalue weighted by molar-refractivity contribution is 4.44. The summed E-state index contributed by atoms with van der Waals surface area (Å²) in [6.07, 6.45) is 12.6. The molecule has 12 nitrogen and oxygen atoms in total. The zero-order valence-corrected chi connectivity index (χ0v) is 30.9. The van der Waals surface area contributed by atoms with E-state index in [1.807, 2.05) is 0 Å². The van der Waals surface area contributed by atoms with E-state index in [9.17, 15) is 0 Å². The second-order valence-corrected chi connectivity index (χ2v) is 11.2. The molecule has 0 N–H and O–H groups in total. The molecule has 0 aromatic heterocycles. The molecule has 0 saturated carbocycles. The molecule has 0 aliphatic carbocycles. The van der Waals surface area contributed by atoms with Gasteiger partial charge in [0.2, 0.25) is 0 Å². The third-order valence-electron chi connectivity index (χ3n) is 6.88. The van der Waals surface area contributed by atoms with Crippen molar-refractivity contribution in [1.82, 2.24) is 0 Å². The summed E-state index contributed by atoms with van der Waals surface area (Å²) in [7, 11) is 0. The molecule has 0 aromatic carbocycles. The summed E-state index contributed by atoms with van der Waals surface area (Å²) in [4.78, 5) is 0. The average molecular weight is 699 g/mol. The highest BCUT2D eigenvalue weighted by Crippen LogP contribution is 2.03. The molecule has 0 bridgehead atoms. The van der Waals surface area contributed by atoms with E-state index in [2.05, 4.69) is 13.8 Å². The molecule has 0 amide bonds. The Labute approximate surface area is 293 Å². The summed E-state index contributed by atoms with van der Waals surface area (Å²) in [5, 5.41) is 0. The molecule has 290 valence electrons. The summed E-state index contributed by atoms with van der Waals surface area (Å²) in [5.41, 5.74) is 0. The molecule has 0 unspecified atom stereocenters. The highest BCUT2D eigenvalue weighted by atomic mass is 16.6. The summed E-state index contributed by atoms with van der Waals surface area (Å²) >= 11 is 0. The first kappa shape index (κ1) is 47.5. The molecule has 0 aliphatic rings. The minimum Gasteiger partial charge on any atom is -0.379 e. The number of hydrogen-bond acceptors (Lipinski definition) is 12. The molecule has 0 rings (SSSR count). The first-order valence-corrected chi connectivity index (χ1v) is 18.8. The van der Waals surface area contributed by atoms with Crippen LogP contribution < -0.4 is 0 Å². The lowest BCUT2D eigenvalue weighted by molar-refractivity contribution is -0.0284. The summed E-state index contributed by atoms with van der Waals surface area (Å²) < 4.78 is 66.1. The van der Waals surface area contributed by atoms with E-state index in [4.69, 9.17) is 56.8 Å². The Morgan fingerprint density at radius 3 is 0.479 bits per heavy atom. The summed E-state index contributed by atoms with van der Waals surface area (Å²) in [6, 6.07) is 0. The third kappa shape index (κ3) is 45.5. The summed E-state index contributed by atoms with van der Waals surface area (Å²) in [5.74, 6) is 0. The standard InChI is InChI=1S/C36H74O12/c1-3-5-7-9-11-13-37-15-17-39-19-21-41-23-25-43-27-29-45-31-33-47-35-36-48-34-32-46-30-28-44-26-24-42-22-20-40-18-16-38-14-12-10-8-6-4-2/h3-36H2,1-2H3. The van der Waals surface area contributed by atoms with Gasteiger partial charge in [0.15, 0.2) is 0 Å². The van der Waals surface area contributed by atoms with Crippen molar-refractivity contribution in [2.45, 2.75) is 78.1 Å². The quantitative estimate of drug-likeness (QED) is 0.0787. The Morgan fingerprint density at radius 1 is 0.167 bits per heavy atom. The van der Waals surface area contributed by atoms with E-state index in [-0.39, 0.29) is 0 Å². The summed E-state index contributed by atoms with van der Waals surface area (Å²) in [6.45, 7) is 18.3. The number of rotatable bonds is 45. The van der Waals surface area contributed by atoms with E-state index < -0.39 is 0 Å². The molecule has 12 heteroatoms. The molecule has 0 heterocycles. The maximum atomic E-state index is 5.56. The van der Waals surface area contributed by atoms with E-state index in [0.29, 0.717) is 145 Å². The lowest BCUT2D eigenvalue weighted by atomic mass is 10.2. The predicted molar refractivity (Wildman–Crippen MR) is 187 cm³/mol. The molecule has 0 fully saturated rings. The van der Waals surface area contributed by atoms with Gasteiger partial charge >= 0.3 is 0 Å². The van der Waals surface area contributed by atoms with Crippen LogP contribution in [0.5, 0.6) is 0 Å². The molecule has 0 radical (unpaired) electrons. The Morgan fingerprint density at radius 2 is 0.312 bits per heavy atom. The van der Waals surface area contributed by atoms with Crippen LogP contribution in [0.3, 0.4) is 0 Å². The van der Waals surface area contributed by atoms with Crippen molar-refractivity contribution in [1.29, 1.82) is 0 Å². The Kier molecular flexibility index (Phi) is 46.1. The zero-order valence-electron chi connectivity index (χ0n) is 30.9. The zero-order chi connectivity index (χ0) is 34.5. The fourth-order valence-corrected chi connectivity index (χ4v) is 4.14. The van der Waals surface area contributed by atoms with Gasteiger partial charge in [-0.05, 0) is 12.8 Å². The monoisotopic (exact) mass is 699 g/mol. The fraction of sp³-hybridized carbons (Fsp3) is 1.00. The highest BCUT2D eigenvalue weighted by Gasteiger charge is 1.97. The number of unbranched alkanes of at least 4 members (excludes halogenated alkanes) is 8. The van der Waals surface area contributed by atoms with E-state index in [1.165, 1.54) is 51.4 Å². The van der Waals surface area contributed by atoms with Crippen molar-refractivity contribution < 1.29 is 56.8 Å². The maximum absolute atomic E-state index is 5.56. The molecule has 0 aromatic rings. The van der Waals surface area contributed by atoms with Crippen LogP contribution in [-0.4, -0.2) is 159 Å². The van der Waals surface area contributed by atoms with Gasteiger partial charge in [0.25, 0.3) is 0 Å². The number of ether oxygens (including phenoxy) is 12. The van der Waals surface area contributed by atoms with E-state index >= 15 is 0 Å². The van der Waals surface area contributed by atoms with Crippen molar-refractivity contribution in [3.63, 3.8) is 0 Å². The van der Waals surface area contributed by atoms with Gasteiger partial charge in [-0.15, -0.1) is 0 Å². The first-order chi connectivity index (χ1) is 23.9. The molecular formula is C36H74O12. The largest absolute Gasteiger partial charge is 0.379 e. The van der Waals surface area contributed by atoms with Crippen molar-refractivity contribution in [2.24, 2.45) is 0 Å². The Hall–Kier alpha value is -0.480. The van der Waals surface area contributed by atoms with Crippen molar-refractivity contribution in [2.75, 3.05) is 159 Å². The van der Waals surface area contributed by atoms with Crippen LogP contribution in [0.2, 0.25) is 0 Å². The SMILES string of the molecule is CCCCCCCOCCOCCOCCOCCOCCOCCOCCOCCOCCOCCOCCOCCCCCCC. The Balaban J connectivity index is 3.04. The molecule has 0 atom stereocenters.